The first-order valence-corrected chi connectivity index (χ1v) is 9.64. The van der Waals surface area contributed by atoms with Crippen LogP contribution in [0.15, 0.2) is 76.5 Å². The number of benzene rings is 3. The third-order valence-electron chi connectivity index (χ3n) is 4.63. The summed E-state index contributed by atoms with van der Waals surface area (Å²) < 4.78 is 1.30. The quantitative estimate of drug-likeness (QED) is 0.407. The predicted molar refractivity (Wildman–Crippen MR) is 107 cm³/mol. The lowest BCUT2D eigenvalue weighted by molar-refractivity contribution is 0.659. The van der Waals surface area contributed by atoms with Crippen molar-refractivity contribution in [3.05, 3.63) is 81.4 Å². The average molecular weight is 428 g/mol. The van der Waals surface area contributed by atoms with Crippen LogP contribution >= 0.6 is 34.4 Å². The van der Waals surface area contributed by atoms with Crippen molar-refractivity contribution in [2.45, 2.75) is 29.1 Å². The van der Waals surface area contributed by atoms with Crippen LogP contribution in [-0.2, 0) is 5.41 Å². The molecular weight excluding hydrogens is 411 g/mol. The summed E-state index contributed by atoms with van der Waals surface area (Å²) >= 11 is 4.30. The minimum Gasteiger partial charge on any atom is -0.0883 e. The lowest BCUT2D eigenvalue weighted by Gasteiger charge is -2.21. The molecule has 0 atom stereocenters. The molecule has 0 amide bonds. The molecule has 0 fully saturated rings. The summed E-state index contributed by atoms with van der Waals surface area (Å²) in [7, 11) is 0. The Morgan fingerprint density at radius 2 is 1.39 bits per heavy atom. The highest BCUT2D eigenvalue weighted by atomic mass is 127. The average Bonchev–Trinajstić information content (AvgIpc) is 2.79. The van der Waals surface area contributed by atoms with Crippen LogP contribution in [0.2, 0.25) is 0 Å². The summed E-state index contributed by atoms with van der Waals surface area (Å²) in [5.41, 5.74) is 5.76. The lowest BCUT2D eigenvalue weighted by atomic mass is 9.82. The van der Waals surface area contributed by atoms with Gasteiger partial charge in [0.1, 0.15) is 0 Å². The maximum absolute atomic E-state index is 2.42. The van der Waals surface area contributed by atoms with Crippen molar-refractivity contribution in [1.82, 2.24) is 0 Å². The zero-order valence-corrected chi connectivity index (χ0v) is 16.1. The highest BCUT2D eigenvalue weighted by molar-refractivity contribution is 14.1. The van der Waals surface area contributed by atoms with E-state index in [1.807, 2.05) is 11.8 Å². The third kappa shape index (κ3) is 2.43. The maximum atomic E-state index is 2.42. The van der Waals surface area contributed by atoms with Gasteiger partial charge in [-0.15, -0.1) is 0 Å². The summed E-state index contributed by atoms with van der Waals surface area (Å²) in [5.74, 6) is 0. The number of halogens is 1. The van der Waals surface area contributed by atoms with Gasteiger partial charge in [-0.3, -0.25) is 0 Å². The summed E-state index contributed by atoms with van der Waals surface area (Å²) in [6.07, 6.45) is 0. The molecule has 23 heavy (non-hydrogen) atoms. The second-order valence-electron chi connectivity index (χ2n) is 6.38. The number of fused-ring (bicyclic) bond motifs is 3. The molecule has 0 aliphatic heterocycles. The van der Waals surface area contributed by atoms with Gasteiger partial charge in [-0.2, -0.15) is 0 Å². The first kappa shape index (κ1) is 15.3. The Labute approximate surface area is 155 Å². The summed E-state index contributed by atoms with van der Waals surface area (Å²) in [5, 5.41) is 0. The Bertz CT molecular complexity index is 896. The highest BCUT2D eigenvalue weighted by Crippen LogP contribution is 2.52. The minimum atomic E-state index is 0.0757. The summed E-state index contributed by atoms with van der Waals surface area (Å²) in [6, 6.07) is 24.2. The molecule has 0 bridgehead atoms. The van der Waals surface area contributed by atoms with Gasteiger partial charge in [-0.25, -0.2) is 0 Å². The van der Waals surface area contributed by atoms with E-state index in [0.29, 0.717) is 0 Å². The molecule has 0 heterocycles. The van der Waals surface area contributed by atoms with Crippen LogP contribution in [0, 0.1) is 3.57 Å². The van der Waals surface area contributed by atoms with Gasteiger partial charge in [-0.1, -0.05) is 74.1 Å². The molecule has 0 aromatic heterocycles. The van der Waals surface area contributed by atoms with Crippen LogP contribution < -0.4 is 0 Å². The standard InChI is InChI=1S/C21H17IS/c1-21(2)15-9-4-3-8-14(15)20-16(21)10-7-13-19(20)23-18-12-6-5-11-17(18)22/h3-13H,1-2H3. The first-order valence-electron chi connectivity index (χ1n) is 7.75. The van der Waals surface area contributed by atoms with Crippen LogP contribution in [-0.4, -0.2) is 0 Å². The van der Waals surface area contributed by atoms with Gasteiger partial charge in [0.05, 0.1) is 0 Å². The van der Waals surface area contributed by atoms with E-state index in [2.05, 4.69) is 103 Å². The van der Waals surface area contributed by atoms with Crippen molar-refractivity contribution in [2.24, 2.45) is 0 Å². The number of rotatable bonds is 2. The van der Waals surface area contributed by atoms with Gasteiger partial charge in [0.25, 0.3) is 0 Å². The minimum absolute atomic E-state index is 0.0757. The van der Waals surface area contributed by atoms with Crippen molar-refractivity contribution < 1.29 is 0 Å². The molecule has 3 aromatic carbocycles. The fraction of sp³-hybridized carbons (Fsp3) is 0.143. The van der Waals surface area contributed by atoms with Gasteiger partial charge in [-0.05, 0) is 63.0 Å². The fourth-order valence-corrected chi connectivity index (χ4v) is 5.19. The lowest BCUT2D eigenvalue weighted by Crippen LogP contribution is -2.14. The van der Waals surface area contributed by atoms with Gasteiger partial charge in [0.15, 0.2) is 0 Å². The second-order valence-corrected chi connectivity index (χ2v) is 8.63. The third-order valence-corrected chi connectivity index (χ3v) is 7.07. The molecule has 0 unspecified atom stereocenters. The van der Waals surface area contributed by atoms with E-state index in [4.69, 9.17) is 0 Å². The largest absolute Gasteiger partial charge is 0.0883 e. The Morgan fingerprint density at radius 1 is 0.739 bits per heavy atom. The zero-order chi connectivity index (χ0) is 16.0. The fourth-order valence-electron chi connectivity index (χ4n) is 3.45. The monoisotopic (exact) mass is 428 g/mol. The van der Waals surface area contributed by atoms with E-state index >= 15 is 0 Å². The van der Waals surface area contributed by atoms with E-state index in [1.54, 1.807) is 0 Å². The zero-order valence-electron chi connectivity index (χ0n) is 13.1. The van der Waals surface area contributed by atoms with Crippen LogP contribution in [0.4, 0.5) is 0 Å². The molecule has 1 aliphatic carbocycles. The van der Waals surface area contributed by atoms with Gasteiger partial charge < -0.3 is 0 Å². The molecule has 3 aromatic rings. The van der Waals surface area contributed by atoms with Crippen LogP contribution in [0.25, 0.3) is 11.1 Å². The van der Waals surface area contributed by atoms with Crippen molar-refractivity contribution in [1.29, 1.82) is 0 Å². The molecule has 1 aliphatic rings. The van der Waals surface area contributed by atoms with Crippen molar-refractivity contribution >= 4 is 34.4 Å². The molecule has 0 nitrogen and oxygen atoms in total. The molecule has 2 heteroatoms. The number of hydrogen-bond donors (Lipinski definition) is 0. The Hall–Kier alpha value is -1.26. The van der Waals surface area contributed by atoms with E-state index in [-0.39, 0.29) is 5.41 Å². The molecule has 4 rings (SSSR count). The van der Waals surface area contributed by atoms with E-state index in [0.717, 1.165) is 0 Å². The molecule has 0 saturated heterocycles. The van der Waals surface area contributed by atoms with Crippen molar-refractivity contribution in [3.8, 4) is 11.1 Å². The Kier molecular flexibility index (Phi) is 3.77. The molecule has 0 radical (unpaired) electrons. The van der Waals surface area contributed by atoms with Crippen LogP contribution in [0.5, 0.6) is 0 Å². The smallest absolute Gasteiger partial charge is 0.0269 e. The molecule has 114 valence electrons. The predicted octanol–water partition coefficient (Wildman–Crippen LogP) is 6.75. The SMILES string of the molecule is CC1(C)c2ccccc2-c2c(Sc3ccccc3I)cccc21. The topological polar surface area (TPSA) is 0 Å². The normalized spacial score (nSPS) is 14.4. The summed E-state index contributed by atoms with van der Waals surface area (Å²) in [4.78, 5) is 2.67. The second kappa shape index (κ2) is 5.67. The molecule has 0 N–H and O–H groups in total. The van der Waals surface area contributed by atoms with Crippen molar-refractivity contribution in [2.75, 3.05) is 0 Å². The number of hydrogen-bond acceptors (Lipinski definition) is 1. The van der Waals surface area contributed by atoms with E-state index < -0.39 is 0 Å². The Morgan fingerprint density at radius 3 is 2.22 bits per heavy atom. The molecular formula is C21H17IS. The maximum Gasteiger partial charge on any atom is 0.0269 e. The van der Waals surface area contributed by atoms with Gasteiger partial charge in [0.2, 0.25) is 0 Å². The van der Waals surface area contributed by atoms with Crippen LogP contribution in [0.1, 0.15) is 25.0 Å². The summed E-state index contributed by atoms with van der Waals surface area (Å²) in [6.45, 7) is 4.66. The molecule has 0 saturated carbocycles. The molecule has 0 spiro atoms. The first-order chi connectivity index (χ1) is 11.1. The van der Waals surface area contributed by atoms with E-state index in [9.17, 15) is 0 Å². The van der Waals surface area contributed by atoms with E-state index in [1.165, 1.54) is 35.6 Å². The van der Waals surface area contributed by atoms with Gasteiger partial charge >= 0.3 is 0 Å². The van der Waals surface area contributed by atoms with Gasteiger partial charge in [0, 0.05) is 18.8 Å². The van der Waals surface area contributed by atoms with Crippen molar-refractivity contribution in [3.63, 3.8) is 0 Å². The Balaban J connectivity index is 1.91. The highest BCUT2D eigenvalue weighted by Gasteiger charge is 2.36. The van der Waals surface area contributed by atoms with Crippen LogP contribution in [0.3, 0.4) is 0 Å².